The van der Waals surface area contributed by atoms with Crippen molar-refractivity contribution < 1.29 is 9.13 Å². The number of hydrogen-bond donors (Lipinski definition) is 1. The average Bonchev–Trinajstić information content (AvgIpc) is 3.08. The summed E-state index contributed by atoms with van der Waals surface area (Å²) in [5, 5.41) is 0. The van der Waals surface area contributed by atoms with Crippen LogP contribution >= 0.6 is 10.9 Å². The van der Waals surface area contributed by atoms with Crippen LogP contribution in [0.3, 0.4) is 0 Å². The van der Waals surface area contributed by atoms with Crippen LogP contribution in [0.25, 0.3) is 11.1 Å². The number of hydrogen-bond acceptors (Lipinski definition) is 1. The van der Waals surface area contributed by atoms with Crippen LogP contribution in [0.2, 0.25) is 0 Å². The SMILES string of the molecule is Fc1ccc(COc2ccc([SH]3c4ccccc4-c4ccccc43)cc2)cc1. The Morgan fingerprint density at radius 1 is 0.643 bits per heavy atom. The van der Waals surface area contributed by atoms with E-state index in [0.29, 0.717) is 6.61 Å². The molecule has 0 N–H and O–H groups in total. The molecule has 138 valence electrons. The minimum atomic E-state index is -0.538. The van der Waals surface area contributed by atoms with Crippen LogP contribution in [0.4, 0.5) is 4.39 Å². The first-order valence-corrected chi connectivity index (χ1v) is 10.6. The van der Waals surface area contributed by atoms with Gasteiger partial charge in [0.15, 0.2) is 0 Å². The molecule has 5 rings (SSSR count). The maximum atomic E-state index is 13.0. The van der Waals surface area contributed by atoms with Gasteiger partial charge < -0.3 is 4.74 Å². The molecule has 28 heavy (non-hydrogen) atoms. The van der Waals surface area contributed by atoms with Crippen LogP contribution in [0, 0.1) is 5.82 Å². The Morgan fingerprint density at radius 2 is 1.21 bits per heavy atom. The first kappa shape index (κ1) is 17.1. The monoisotopic (exact) mass is 386 g/mol. The molecule has 0 atom stereocenters. The Bertz CT molecular complexity index is 1070. The normalized spacial score (nSPS) is 13.1. The Balaban J connectivity index is 1.41. The molecular formula is C25H19FOS. The zero-order valence-electron chi connectivity index (χ0n) is 15.2. The number of halogens is 1. The summed E-state index contributed by atoms with van der Waals surface area (Å²) in [6.45, 7) is 0.431. The van der Waals surface area contributed by atoms with Gasteiger partial charge >= 0.3 is 0 Å². The number of thiol groups is 1. The molecule has 0 fully saturated rings. The molecule has 1 aliphatic rings. The molecule has 0 aromatic heterocycles. The fourth-order valence-corrected chi connectivity index (χ4v) is 6.24. The van der Waals surface area contributed by atoms with E-state index in [4.69, 9.17) is 4.74 Å². The standard InChI is InChI=1S/C25H19FOS/c26-19-11-9-18(10-12-19)17-27-20-13-15-21(16-14-20)28-24-7-3-1-5-22(24)23-6-2-4-8-25(23)28/h1-16,28H,17H2. The zero-order valence-corrected chi connectivity index (χ0v) is 16.1. The van der Waals surface area contributed by atoms with Gasteiger partial charge in [-0.3, -0.25) is 0 Å². The molecule has 3 heteroatoms. The fraction of sp³-hybridized carbons (Fsp3) is 0.0400. The first-order valence-electron chi connectivity index (χ1n) is 9.25. The summed E-state index contributed by atoms with van der Waals surface area (Å²) >= 11 is 0. The van der Waals surface area contributed by atoms with Gasteiger partial charge in [-0.2, -0.15) is 10.9 Å². The third-order valence-electron chi connectivity index (χ3n) is 4.99. The number of ether oxygens (including phenoxy) is 1. The summed E-state index contributed by atoms with van der Waals surface area (Å²) in [5.74, 6) is 0.594. The second-order valence-electron chi connectivity index (χ2n) is 6.78. The molecule has 1 aliphatic heterocycles. The molecule has 0 amide bonds. The van der Waals surface area contributed by atoms with Crippen molar-refractivity contribution in [3.05, 3.63) is 108 Å². The lowest BCUT2D eigenvalue weighted by Crippen LogP contribution is -1.95. The van der Waals surface area contributed by atoms with Gasteiger partial charge in [-0.25, -0.2) is 4.39 Å². The highest BCUT2D eigenvalue weighted by molar-refractivity contribution is 8.17. The Labute approximate surface area is 166 Å². The van der Waals surface area contributed by atoms with Crippen LogP contribution in [-0.2, 0) is 6.61 Å². The molecule has 0 saturated carbocycles. The minimum Gasteiger partial charge on any atom is -0.489 e. The summed E-state index contributed by atoms with van der Waals surface area (Å²) in [5.41, 5.74) is 3.65. The fourth-order valence-electron chi connectivity index (χ4n) is 3.64. The largest absolute Gasteiger partial charge is 0.489 e. The van der Waals surface area contributed by atoms with Crippen LogP contribution in [-0.4, -0.2) is 0 Å². The van der Waals surface area contributed by atoms with E-state index in [0.717, 1.165) is 11.3 Å². The van der Waals surface area contributed by atoms with Crippen molar-refractivity contribution in [2.24, 2.45) is 0 Å². The average molecular weight is 386 g/mol. The first-order chi connectivity index (χ1) is 13.8. The van der Waals surface area contributed by atoms with Crippen LogP contribution in [0.1, 0.15) is 5.56 Å². The van der Waals surface area contributed by atoms with E-state index in [9.17, 15) is 4.39 Å². The Kier molecular flexibility index (Phi) is 4.38. The van der Waals surface area contributed by atoms with Gasteiger partial charge in [0.05, 0.1) is 0 Å². The van der Waals surface area contributed by atoms with Crippen molar-refractivity contribution in [3.8, 4) is 16.9 Å². The lowest BCUT2D eigenvalue weighted by molar-refractivity contribution is 0.306. The van der Waals surface area contributed by atoms with E-state index in [-0.39, 0.29) is 5.82 Å². The molecule has 0 aliphatic carbocycles. The summed E-state index contributed by atoms with van der Waals surface area (Å²) in [6, 6.07) is 32.2. The quantitative estimate of drug-likeness (QED) is 0.332. The highest BCUT2D eigenvalue weighted by Crippen LogP contribution is 2.62. The van der Waals surface area contributed by atoms with Crippen molar-refractivity contribution >= 4 is 10.9 Å². The summed E-state index contributed by atoms with van der Waals surface area (Å²) in [4.78, 5) is 4.15. The van der Waals surface area contributed by atoms with Crippen molar-refractivity contribution in [2.45, 2.75) is 21.3 Å². The molecule has 0 saturated heterocycles. The van der Waals surface area contributed by atoms with Gasteiger partial charge in [0.25, 0.3) is 0 Å². The molecule has 0 spiro atoms. The molecule has 0 radical (unpaired) electrons. The Morgan fingerprint density at radius 3 is 1.82 bits per heavy atom. The third kappa shape index (κ3) is 3.08. The van der Waals surface area contributed by atoms with Gasteiger partial charge in [0.1, 0.15) is 18.2 Å². The van der Waals surface area contributed by atoms with Crippen molar-refractivity contribution in [2.75, 3.05) is 0 Å². The van der Waals surface area contributed by atoms with Crippen LogP contribution in [0.5, 0.6) is 5.75 Å². The predicted molar refractivity (Wildman–Crippen MR) is 113 cm³/mol. The van der Waals surface area contributed by atoms with E-state index in [1.165, 1.54) is 37.9 Å². The van der Waals surface area contributed by atoms with Gasteiger partial charge in [0.2, 0.25) is 0 Å². The minimum absolute atomic E-state index is 0.229. The summed E-state index contributed by atoms with van der Waals surface area (Å²) in [7, 11) is -0.538. The van der Waals surface area contributed by atoms with Crippen LogP contribution in [0.15, 0.2) is 112 Å². The van der Waals surface area contributed by atoms with Crippen molar-refractivity contribution in [1.29, 1.82) is 0 Å². The van der Waals surface area contributed by atoms with E-state index in [2.05, 4.69) is 60.7 Å². The smallest absolute Gasteiger partial charge is 0.123 e. The number of fused-ring (bicyclic) bond motifs is 3. The van der Waals surface area contributed by atoms with E-state index in [1.807, 2.05) is 12.1 Å². The van der Waals surface area contributed by atoms with Crippen molar-refractivity contribution in [1.82, 2.24) is 0 Å². The molecule has 0 unspecified atom stereocenters. The highest BCUT2D eigenvalue weighted by atomic mass is 32.2. The van der Waals surface area contributed by atoms with E-state index in [1.54, 1.807) is 12.1 Å². The molecule has 4 aromatic carbocycles. The van der Waals surface area contributed by atoms with Gasteiger partial charge in [-0.1, -0.05) is 48.5 Å². The third-order valence-corrected chi connectivity index (χ3v) is 7.55. The maximum Gasteiger partial charge on any atom is 0.123 e. The summed E-state index contributed by atoms with van der Waals surface area (Å²) in [6.07, 6.45) is 0. The topological polar surface area (TPSA) is 9.23 Å². The lowest BCUT2D eigenvalue weighted by Gasteiger charge is -2.19. The van der Waals surface area contributed by atoms with Gasteiger partial charge in [-0.05, 0) is 70.1 Å². The number of rotatable bonds is 4. The molecule has 4 aromatic rings. The zero-order chi connectivity index (χ0) is 18.9. The van der Waals surface area contributed by atoms with E-state index < -0.39 is 10.9 Å². The molecule has 1 nitrogen and oxygen atoms in total. The lowest BCUT2D eigenvalue weighted by atomic mass is 10.1. The molecule has 1 heterocycles. The molecule has 0 bridgehead atoms. The van der Waals surface area contributed by atoms with Crippen LogP contribution < -0.4 is 4.74 Å². The Hall–Kier alpha value is -3.04. The van der Waals surface area contributed by atoms with Gasteiger partial charge in [-0.15, -0.1) is 0 Å². The predicted octanol–water partition coefficient (Wildman–Crippen LogP) is 6.86. The second-order valence-corrected chi connectivity index (χ2v) is 8.93. The van der Waals surface area contributed by atoms with E-state index >= 15 is 0 Å². The second kappa shape index (κ2) is 7.17. The maximum absolute atomic E-state index is 13.0. The van der Waals surface area contributed by atoms with Crippen molar-refractivity contribution in [3.63, 3.8) is 0 Å². The molecular weight excluding hydrogens is 367 g/mol. The highest BCUT2D eigenvalue weighted by Gasteiger charge is 2.26. The number of benzene rings is 4. The summed E-state index contributed by atoms with van der Waals surface area (Å²) < 4.78 is 18.9. The van der Waals surface area contributed by atoms with Gasteiger partial charge in [0, 0.05) is 9.79 Å².